The van der Waals surface area contributed by atoms with Gasteiger partial charge in [0.25, 0.3) is 0 Å². The third-order valence-corrected chi connectivity index (χ3v) is 4.43. The van der Waals surface area contributed by atoms with Gasteiger partial charge in [-0.2, -0.15) is 0 Å². The maximum Gasteiger partial charge on any atom is 0.338 e. The van der Waals surface area contributed by atoms with Crippen LogP contribution < -0.4 is 0 Å². The minimum absolute atomic E-state index is 0.222. The molecular weight excluding hydrogens is 288 g/mol. The Bertz CT molecular complexity index is 491. The molecule has 0 amide bonds. The Morgan fingerprint density at radius 1 is 1.13 bits per heavy atom. The molecule has 0 aromatic heterocycles. The zero-order valence-corrected chi connectivity index (χ0v) is 14.6. The second-order valence-electron chi connectivity index (χ2n) is 6.84. The summed E-state index contributed by atoms with van der Waals surface area (Å²) in [6.07, 6.45) is 9.93. The van der Waals surface area contributed by atoms with E-state index in [9.17, 15) is 4.79 Å². The lowest BCUT2D eigenvalue weighted by molar-refractivity contribution is 0.0409. The fourth-order valence-electron chi connectivity index (χ4n) is 2.71. The van der Waals surface area contributed by atoms with Gasteiger partial charge in [-0.1, -0.05) is 63.6 Å². The number of benzene rings is 1. The van der Waals surface area contributed by atoms with E-state index in [0.29, 0.717) is 18.8 Å². The first-order valence-corrected chi connectivity index (χ1v) is 9.03. The third kappa shape index (κ3) is 6.34. The Morgan fingerprint density at radius 2 is 1.78 bits per heavy atom. The molecule has 1 saturated heterocycles. The third-order valence-electron chi connectivity index (χ3n) is 4.43. The summed E-state index contributed by atoms with van der Waals surface area (Å²) in [5.41, 5.74) is 1.57. The van der Waals surface area contributed by atoms with Crippen LogP contribution in [0.2, 0.25) is 0 Å². The van der Waals surface area contributed by atoms with E-state index in [2.05, 4.69) is 6.92 Å². The molecule has 3 nitrogen and oxygen atoms in total. The van der Waals surface area contributed by atoms with E-state index in [1.54, 1.807) is 0 Å². The van der Waals surface area contributed by atoms with Gasteiger partial charge < -0.3 is 9.47 Å². The van der Waals surface area contributed by atoms with Crippen LogP contribution in [0, 0.1) is 0 Å². The van der Waals surface area contributed by atoms with Crippen LogP contribution in [-0.2, 0) is 15.9 Å². The monoisotopic (exact) mass is 318 g/mol. The summed E-state index contributed by atoms with van der Waals surface area (Å²) in [5.74, 6) is -0.222. The van der Waals surface area contributed by atoms with Crippen molar-refractivity contribution in [3.63, 3.8) is 0 Å². The minimum atomic E-state index is -0.247. The van der Waals surface area contributed by atoms with Crippen molar-refractivity contribution in [2.24, 2.45) is 0 Å². The van der Waals surface area contributed by atoms with Crippen molar-refractivity contribution in [1.82, 2.24) is 0 Å². The fourth-order valence-corrected chi connectivity index (χ4v) is 2.71. The van der Waals surface area contributed by atoms with E-state index in [-0.39, 0.29) is 11.6 Å². The molecular formula is C20H30O3. The van der Waals surface area contributed by atoms with Crippen LogP contribution in [-0.4, -0.2) is 24.8 Å². The van der Waals surface area contributed by atoms with Gasteiger partial charge in [0.05, 0.1) is 12.2 Å². The van der Waals surface area contributed by atoms with Crippen molar-refractivity contribution in [3.05, 3.63) is 35.4 Å². The first kappa shape index (κ1) is 18.0. The van der Waals surface area contributed by atoms with Crippen LogP contribution in [0.1, 0.15) is 74.7 Å². The molecule has 0 spiro atoms. The number of carbonyl (C=O) groups excluding carboxylic acids is 1. The molecule has 0 N–H and O–H groups in total. The number of esters is 1. The van der Waals surface area contributed by atoms with Crippen molar-refractivity contribution in [2.75, 3.05) is 13.2 Å². The number of hydrogen-bond acceptors (Lipinski definition) is 3. The van der Waals surface area contributed by atoms with Gasteiger partial charge in [-0.15, -0.1) is 0 Å². The number of ether oxygens (including phenoxy) is 2. The Hall–Kier alpha value is -1.35. The fraction of sp³-hybridized carbons (Fsp3) is 0.650. The molecule has 1 aliphatic heterocycles. The predicted octanol–water partition coefficient (Wildman–Crippen LogP) is 4.93. The first-order chi connectivity index (χ1) is 11.1. The Morgan fingerprint density at radius 3 is 2.48 bits per heavy atom. The maximum absolute atomic E-state index is 12.3. The zero-order chi connectivity index (χ0) is 16.5. The molecule has 1 atom stereocenters. The molecule has 23 heavy (non-hydrogen) atoms. The van der Waals surface area contributed by atoms with Gasteiger partial charge in [-0.05, 0) is 31.4 Å². The molecule has 1 unspecified atom stereocenters. The van der Waals surface area contributed by atoms with Crippen molar-refractivity contribution in [3.8, 4) is 0 Å². The highest BCUT2D eigenvalue weighted by Gasteiger charge is 2.40. The SMILES string of the molecule is CCCCCCCCCc1ccccc1C(=O)OCC1(C)CO1. The summed E-state index contributed by atoms with van der Waals surface area (Å²) >= 11 is 0. The van der Waals surface area contributed by atoms with Crippen LogP contribution in [0.5, 0.6) is 0 Å². The van der Waals surface area contributed by atoms with E-state index in [0.717, 1.165) is 18.4 Å². The molecule has 0 aliphatic carbocycles. The van der Waals surface area contributed by atoms with Gasteiger partial charge >= 0.3 is 5.97 Å². The van der Waals surface area contributed by atoms with Crippen LogP contribution >= 0.6 is 0 Å². The van der Waals surface area contributed by atoms with Crippen molar-refractivity contribution in [2.45, 2.75) is 70.8 Å². The van der Waals surface area contributed by atoms with E-state index < -0.39 is 0 Å². The second kappa shape index (κ2) is 9.07. The van der Waals surface area contributed by atoms with E-state index in [1.165, 1.54) is 38.5 Å². The molecule has 2 rings (SSSR count). The lowest BCUT2D eigenvalue weighted by Crippen LogP contribution is -2.19. The molecule has 1 aromatic carbocycles. The van der Waals surface area contributed by atoms with Crippen LogP contribution in [0.25, 0.3) is 0 Å². The van der Waals surface area contributed by atoms with Crippen LogP contribution in [0.4, 0.5) is 0 Å². The van der Waals surface area contributed by atoms with Crippen molar-refractivity contribution >= 4 is 5.97 Å². The average molecular weight is 318 g/mol. The highest BCUT2D eigenvalue weighted by Crippen LogP contribution is 2.26. The summed E-state index contributed by atoms with van der Waals surface area (Å²) in [7, 11) is 0. The summed E-state index contributed by atoms with van der Waals surface area (Å²) in [4.78, 5) is 12.3. The molecule has 0 saturated carbocycles. The van der Waals surface area contributed by atoms with E-state index >= 15 is 0 Å². The average Bonchev–Trinajstić information content (AvgIpc) is 3.30. The summed E-state index contributed by atoms with van der Waals surface area (Å²) in [6.45, 7) is 5.23. The normalized spacial score (nSPS) is 19.6. The quantitative estimate of drug-likeness (QED) is 0.330. The molecule has 0 radical (unpaired) electrons. The zero-order valence-electron chi connectivity index (χ0n) is 14.6. The van der Waals surface area contributed by atoms with E-state index in [4.69, 9.17) is 9.47 Å². The Labute approximate surface area is 140 Å². The highest BCUT2D eigenvalue weighted by atomic mass is 16.6. The smallest absolute Gasteiger partial charge is 0.338 e. The Balaban J connectivity index is 1.74. The van der Waals surface area contributed by atoms with Gasteiger partial charge in [-0.25, -0.2) is 4.79 Å². The standard InChI is InChI=1S/C20H30O3/c1-3-4-5-6-7-8-9-12-17-13-10-11-14-18(17)19(21)22-15-20(2)16-23-20/h10-11,13-14H,3-9,12,15-16H2,1-2H3. The van der Waals surface area contributed by atoms with Crippen molar-refractivity contribution < 1.29 is 14.3 Å². The molecule has 1 aromatic rings. The summed E-state index contributed by atoms with van der Waals surface area (Å²) in [6, 6.07) is 7.82. The van der Waals surface area contributed by atoms with E-state index in [1.807, 2.05) is 31.2 Å². The summed E-state index contributed by atoms with van der Waals surface area (Å²) < 4.78 is 10.7. The lowest BCUT2D eigenvalue weighted by atomic mass is 10.0. The predicted molar refractivity (Wildman–Crippen MR) is 92.8 cm³/mol. The molecule has 1 heterocycles. The van der Waals surface area contributed by atoms with Crippen LogP contribution in [0.15, 0.2) is 24.3 Å². The Kier molecular flexibility index (Phi) is 7.10. The van der Waals surface area contributed by atoms with Crippen LogP contribution in [0.3, 0.4) is 0 Å². The molecule has 128 valence electrons. The largest absolute Gasteiger partial charge is 0.459 e. The topological polar surface area (TPSA) is 38.8 Å². The number of unbranched alkanes of at least 4 members (excludes halogenated alkanes) is 6. The number of aryl methyl sites for hydroxylation is 1. The van der Waals surface area contributed by atoms with Gasteiger partial charge in [-0.3, -0.25) is 0 Å². The minimum Gasteiger partial charge on any atom is -0.459 e. The lowest BCUT2D eigenvalue weighted by Gasteiger charge is -2.11. The number of epoxide rings is 1. The number of hydrogen-bond donors (Lipinski definition) is 0. The second-order valence-corrected chi connectivity index (χ2v) is 6.84. The molecule has 1 fully saturated rings. The van der Waals surface area contributed by atoms with Gasteiger partial charge in [0.15, 0.2) is 0 Å². The highest BCUT2D eigenvalue weighted by molar-refractivity contribution is 5.91. The molecule has 0 bridgehead atoms. The molecule has 1 aliphatic rings. The summed E-state index contributed by atoms with van der Waals surface area (Å²) in [5, 5.41) is 0. The van der Waals surface area contributed by atoms with Gasteiger partial charge in [0.2, 0.25) is 0 Å². The van der Waals surface area contributed by atoms with Gasteiger partial charge in [0, 0.05) is 0 Å². The number of rotatable bonds is 11. The van der Waals surface area contributed by atoms with Gasteiger partial charge in [0.1, 0.15) is 12.2 Å². The van der Waals surface area contributed by atoms with Crippen molar-refractivity contribution in [1.29, 1.82) is 0 Å². The number of carbonyl (C=O) groups is 1. The maximum atomic E-state index is 12.3. The first-order valence-electron chi connectivity index (χ1n) is 9.03. The molecule has 3 heteroatoms.